The Bertz CT molecular complexity index is 791. The maximum atomic E-state index is 12.2. The van der Waals surface area contributed by atoms with Gasteiger partial charge in [-0.25, -0.2) is 9.59 Å². The summed E-state index contributed by atoms with van der Waals surface area (Å²) in [5.74, 6) is 0. The lowest BCUT2D eigenvalue weighted by molar-refractivity contribution is 0.0806. The average Bonchev–Trinajstić information content (AvgIpc) is 2.49. The topological polar surface area (TPSA) is 80.6 Å². The molecule has 122 valence electrons. The van der Waals surface area contributed by atoms with Crippen LogP contribution in [-0.4, -0.2) is 25.3 Å². The summed E-state index contributed by atoms with van der Waals surface area (Å²) in [4.78, 5) is 23.6. The molecule has 0 atom stereocenters. The van der Waals surface area contributed by atoms with Crippen LogP contribution in [0.1, 0.15) is 24.0 Å². The molecular formula is C17H20N2O4. The van der Waals surface area contributed by atoms with Gasteiger partial charge in [-0.2, -0.15) is 0 Å². The lowest BCUT2D eigenvalue weighted by Crippen LogP contribution is -2.41. The Hall–Kier alpha value is -2.34. The second-order valence-corrected chi connectivity index (χ2v) is 5.90. The summed E-state index contributed by atoms with van der Waals surface area (Å²) in [7, 11) is 0. The average molecular weight is 316 g/mol. The Morgan fingerprint density at radius 1 is 1.13 bits per heavy atom. The molecule has 0 saturated carbocycles. The van der Waals surface area contributed by atoms with Gasteiger partial charge in [-0.15, -0.1) is 0 Å². The third kappa shape index (κ3) is 3.53. The summed E-state index contributed by atoms with van der Waals surface area (Å²) in [6, 6.07) is 4.97. The minimum atomic E-state index is -0.368. The lowest BCUT2D eigenvalue weighted by Gasteiger charge is -2.23. The summed E-state index contributed by atoms with van der Waals surface area (Å²) in [6.07, 6.45) is 1.66. The normalized spacial score (nSPS) is 15.6. The van der Waals surface area contributed by atoms with Gasteiger partial charge in [0, 0.05) is 36.4 Å². The van der Waals surface area contributed by atoms with E-state index in [0.29, 0.717) is 24.5 Å². The van der Waals surface area contributed by atoms with Crippen molar-refractivity contribution in [1.29, 1.82) is 0 Å². The zero-order valence-corrected chi connectivity index (χ0v) is 13.3. The van der Waals surface area contributed by atoms with E-state index < -0.39 is 0 Å². The van der Waals surface area contributed by atoms with E-state index in [1.54, 1.807) is 6.07 Å². The van der Waals surface area contributed by atoms with Crippen LogP contribution in [0.25, 0.3) is 11.0 Å². The number of fused-ring (bicyclic) bond motifs is 1. The summed E-state index contributed by atoms with van der Waals surface area (Å²) in [5, 5.41) is 6.66. The number of aryl methyl sites for hydroxylation is 2. The van der Waals surface area contributed by atoms with Crippen LogP contribution in [0.15, 0.2) is 27.4 Å². The monoisotopic (exact) mass is 316 g/mol. The molecule has 1 aliphatic heterocycles. The van der Waals surface area contributed by atoms with E-state index in [4.69, 9.17) is 9.15 Å². The molecule has 1 saturated heterocycles. The van der Waals surface area contributed by atoms with Crippen molar-refractivity contribution in [3.63, 3.8) is 0 Å². The van der Waals surface area contributed by atoms with Gasteiger partial charge in [-0.05, 0) is 49.9 Å². The molecule has 1 fully saturated rings. The number of amides is 2. The first-order valence-electron chi connectivity index (χ1n) is 7.73. The van der Waals surface area contributed by atoms with Crippen LogP contribution in [0, 0.1) is 13.8 Å². The molecule has 3 rings (SSSR count). The molecule has 1 aromatic carbocycles. The number of benzene rings is 1. The number of anilines is 1. The van der Waals surface area contributed by atoms with E-state index in [0.717, 1.165) is 29.4 Å². The van der Waals surface area contributed by atoms with Crippen LogP contribution in [0.5, 0.6) is 0 Å². The molecule has 2 N–H and O–H groups in total. The number of hydrogen-bond donors (Lipinski definition) is 2. The molecule has 0 aliphatic carbocycles. The maximum Gasteiger partial charge on any atom is 0.336 e. The SMILES string of the molecule is Cc1cc2oc(=O)cc(C)c2cc1NC(=O)NC1CCOCC1. The number of urea groups is 1. The molecule has 2 amide bonds. The molecule has 1 aliphatic rings. The van der Waals surface area contributed by atoms with Gasteiger partial charge in [0.05, 0.1) is 0 Å². The number of nitrogens with one attached hydrogen (secondary N) is 2. The largest absolute Gasteiger partial charge is 0.423 e. The van der Waals surface area contributed by atoms with E-state index in [-0.39, 0.29) is 17.7 Å². The molecule has 0 radical (unpaired) electrons. The van der Waals surface area contributed by atoms with Crippen LogP contribution in [0.4, 0.5) is 10.5 Å². The van der Waals surface area contributed by atoms with Gasteiger partial charge in [0.2, 0.25) is 0 Å². The van der Waals surface area contributed by atoms with Crippen LogP contribution in [-0.2, 0) is 4.74 Å². The van der Waals surface area contributed by atoms with Crippen molar-refractivity contribution in [2.24, 2.45) is 0 Å². The van der Waals surface area contributed by atoms with Gasteiger partial charge in [-0.1, -0.05) is 0 Å². The van der Waals surface area contributed by atoms with Crippen LogP contribution < -0.4 is 16.3 Å². The second kappa shape index (κ2) is 6.42. The summed E-state index contributed by atoms with van der Waals surface area (Å²) in [5.41, 5.74) is 2.53. The highest BCUT2D eigenvalue weighted by Crippen LogP contribution is 2.25. The van der Waals surface area contributed by atoms with Crippen molar-refractivity contribution in [2.75, 3.05) is 18.5 Å². The third-order valence-electron chi connectivity index (χ3n) is 4.10. The molecule has 0 spiro atoms. The molecule has 0 unspecified atom stereocenters. The van der Waals surface area contributed by atoms with Crippen molar-refractivity contribution in [2.45, 2.75) is 32.7 Å². The zero-order chi connectivity index (χ0) is 16.4. The van der Waals surface area contributed by atoms with Crippen molar-refractivity contribution in [3.05, 3.63) is 39.7 Å². The molecule has 1 aromatic heterocycles. The van der Waals surface area contributed by atoms with Gasteiger partial charge in [-0.3, -0.25) is 0 Å². The van der Waals surface area contributed by atoms with E-state index in [1.165, 1.54) is 6.07 Å². The Balaban J connectivity index is 1.80. The molecule has 2 aromatic rings. The van der Waals surface area contributed by atoms with Crippen LogP contribution in [0.3, 0.4) is 0 Å². The maximum absolute atomic E-state index is 12.2. The molecule has 0 bridgehead atoms. The highest BCUT2D eigenvalue weighted by atomic mass is 16.5. The Morgan fingerprint density at radius 3 is 2.61 bits per heavy atom. The highest BCUT2D eigenvalue weighted by Gasteiger charge is 2.16. The fourth-order valence-corrected chi connectivity index (χ4v) is 2.79. The third-order valence-corrected chi connectivity index (χ3v) is 4.10. The van der Waals surface area contributed by atoms with Gasteiger partial charge in [0.15, 0.2) is 0 Å². The van der Waals surface area contributed by atoms with E-state index in [9.17, 15) is 9.59 Å². The molecular weight excluding hydrogens is 296 g/mol. The molecule has 6 heteroatoms. The standard InChI is InChI=1S/C17H20N2O4/c1-10-8-16(20)23-15-7-11(2)14(9-13(10)15)19-17(21)18-12-3-5-22-6-4-12/h7-9,12H,3-6H2,1-2H3,(H2,18,19,21). The number of carbonyl (C=O) groups is 1. The minimum Gasteiger partial charge on any atom is -0.423 e. The number of rotatable bonds is 2. The van der Waals surface area contributed by atoms with Crippen molar-refractivity contribution >= 4 is 22.7 Å². The molecule has 6 nitrogen and oxygen atoms in total. The van der Waals surface area contributed by atoms with E-state index >= 15 is 0 Å². The Kier molecular flexibility index (Phi) is 4.34. The first kappa shape index (κ1) is 15.6. The van der Waals surface area contributed by atoms with Gasteiger partial charge in [0.25, 0.3) is 0 Å². The second-order valence-electron chi connectivity index (χ2n) is 5.90. The van der Waals surface area contributed by atoms with Gasteiger partial charge >= 0.3 is 11.7 Å². The number of ether oxygens (including phenoxy) is 1. The fraction of sp³-hybridized carbons (Fsp3) is 0.412. The van der Waals surface area contributed by atoms with Crippen LogP contribution >= 0.6 is 0 Å². The summed E-state index contributed by atoms with van der Waals surface area (Å²) >= 11 is 0. The molecule has 23 heavy (non-hydrogen) atoms. The smallest absolute Gasteiger partial charge is 0.336 e. The van der Waals surface area contributed by atoms with Crippen molar-refractivity contribution in [1.82, 2.24) is 5.32 Å². The number of hydrogen-bond acceptors (Lipinski definition) is 4. The van der Waals surface area contributed by atoms with E-state index in [2.05, 4.69) is 10.6 Å². The van der Waals surface area contributed by atoms with E-state index in [1.807, 2.05) is 19.9 Å². The van der Waals surface area contributed by atoms with Gasteiger partial charge in [0.1, 0.15) is 5.58 Å². The van der Waals surface area contributed by atoms with Crippen molar-refractivity contribution in [3.8, 4) is 0 Å². The minimum absolute atomic E-state index is 0.143. The lowest BCUT2D eigenvalue weighted by atomic mass is 10.1. The highest BCUT2D eigenvalue weighted by molar-refractivity contribution is 5.94. The van der Waals surface area contributed by atoms with Crippen molar-refractivity contribution < 1.29 is 13.9 Å². The first-order valence-corrected chi connectivity index (χ1v) is 7.73. The summed E-state index contributed by atoms with van der Waals surface area (Å²) < 4.78 is 10.5. The summed E-state index contributed by atoms with van der Waals surface area (Å²) in [6.45, 7) is 5.07. The van der Waals surface area contributed by atoms with Crippen LogP contribution in [0.2, 0.25) is 0 Å². The first-order chi connectivity index (χ1) is 11.0. The number of carbonyl (C=O) groups excluding carboxylic acids is 1. The Morgan fingerprint density at radius 2 is 1.87 bits per heavy atom. The van der Waals surface area contributed by atoms with Gasteiger partial charge < -0.3 is 19.8 Å². The zero-order valence-electron chi connectivity index (χ0n) is 13.3. The Labute approximate surface area is 133 Å². The fourth-order valence-electron chi connectivity index (χ4n) is 2.79. The molecule has 2 heterocycles. The predicted molar refractivity (Wildman–Crippen MR) is 88.0 cm³/mol. The quantitative estimate of drug-likeness (QED) is 0.835. The predicted octanol–water partition coefficient (Wildman–Crippen LogP) is 2.71.